The number of fused-ring (bicyclic) bond motifs is 1. The van der Waals surface area contributed by atoms with Crippen LogP contribution in [0, 0.1) is 13.8 Å². The molecule has 2 aromatic rings. The van der Waals surface area contributed by atoms with Gasteiger partial charge in [-0.1, -0.05) is 29.8 Å². The van der Waals surface area contributed by atoms with Crippen LogP contribution in [0.15, 0.2) is 30.3 Å². The van der Waals surface area contributed by atoms with Crippen molar-refractivity contribution in [1.29, 1.82) is 0 Å². The van der Waals surface area contributed by atoms with E-state index in [-0.39, 0.29) is 0 Å². The molecule has 0 aliphatic carbocycles. The first-order valence-electron chi connectivity index (χ1n) is 4.37. The molecule has 0 aliphatic heterocycles. The molecule has 0 fully saturated rings. The first-order chi connectivity index (χ1) is 6.16. The molecule has 13 heavy (non-hydrogen) atoms. The summed E-state index contributed by atoms with van der Waals surface area (Å²) in [5.41, 5.74) is 2.31. The number of phenolic OH excluding ortho intramolecular Hbond substituents is 1. The van der Waals surface area contributed by atoms with Gasteiger partial charge in [-0.3, -0.25) is 0 Å². The van der Waals surface area contributed by atoms with Crippen LogP contribution < -0.4 is 0 Å². The molecule has 0 spiro atoms. The Kier molecular flexibility index (Phi) is 1.73. The minimum atomic E-state index is 0.370. The molecule has 0 radical (unpaired) electrons. The molecule has 1 heteroatoms. The predicted octanol–water partition coefficient (Wildman–Crippen LogP) is 3.16. The van der Waals surface area contributed by atoms with Gasteiger partial charge in [-0.2, -0.15) is 0 Å². The molecule has 0 aliphatic rings. The molecule has 2 aromatic carbocycles. The van der Waals surface area contributed by atoms with Crippen LogP contribution in [0.25, 0.3) is 10.8 Å². The number of phenols is 1. The second kappa shape index (κ2) is 2.77. The second-order valence-electron chi connectivity index (χ2n) is 3.51. The van der Waals surface area contributed by atoms with Gasteiger partial charge in [-0.25, -0.2) is 0 Å². The zero-order valence-electron chi connectivity index (χ0n) is 7.83. The topological polar surface area (TPSA) is 20.2 Å². The van der Waals surface area contributed by atoms with E-state index in [0.717, 1.165) is 16.3 Å². The van der Waals surface area contributed by atoms with Crippen LogP contribution in [0.4, 0.5) is 0 Å². The Morgan fingerprint density at radius 3 is 2.38 bits per heavy atom. The lowest BCUT2D eigenvalue weighted by Gasteiger charge is -2.03. The molecular formula is C12H12O. The summed E-state index contributed by atoms with van der Waals surface area (Å²) >= 11 is 0. The largest absolute Gasteiger partial charge is 0.507 e. The molecule has 0 saturated heterocycles. The van der Waals surface area contributed by atoms with Crippen molar-refractivity contribution < 1.29 is 5.11 Å². The van der Waals surface area contributed by atoms with Crippen LogP contribution in [-0.2, 0) is 0 Å². The van der Waals surface area contributed by atoms with Crippen LogP contribution >= 0.6 is 0 Å². The summed E-state index contributed by atoms with van der Waals surface area (Å²) in [5, 5.41) is 11.7. The quantitative estimate of drug-likeness (QED) is 0.647. The molecule has 0 unspecified atom stereocenters. The normalized spacial score (nSPS) is 10.6. The van der Waals surface area contributed by atoms with E-state index in [9.17, 15) is 5.11 Å². The molecule has 2 rings (SSSR count). The lowest BCUT2D eigenvalue weighted by molar-refractivity contribution is 0.481. The number of benzene rings is 2. The zero-order chi connectivity index (χ0) is 9.42. The fraction of sp³-hybridized carbons (Fsp3) is 0.167. The molecule has 0 aromatic heterocycles. The Morgan fingerprint density at radius 2 is 1.62 bits per heavy atom. The Morgan fingerprint density at radius 1 is 0.923 bits per heavy atom. The van der Waals surface area contributed by atoms with Crippen LogP contribution in [0.3, 0.4) is 0 Å². The number of hydrogen-bond acceptors (Lipinski definition) is 1. The van der Waals surface area contributed by atoms with Gasteiger partial charge in [0.2, 0.25) is 0 Å². The van der Waals surface area contributed by atoms with Gasteiger partial charge in [0.25, 0.3) is 0 Å². The average molecular weight is 172 g/mol. The van der Waals surface area contributed by atoms with E-state index >= 15 is 0 Å². The van der Waals surface area contributed by atoms with Gasteiger partial charge in [0.1, 0.15) is 5.75 Å². The van der Waals surface area contributed by atoms with Gasteiger partial charge >= 0.3 is 0 Å². The van der Waals surface area contributed by atoms with Gasteiger partial charge in [0.05, 0.1) is 0 Å². The van der Waals surface area contributed by atoms with Crippen molar-refractivity contribution in [3.05, 3.63) is 41.5 Å². The van der Waals surface area contributed by atoms with Gasteiger partial charge < -0.3 is 5.11 Å². The summed E-state index contributed by atoms with van der Waals surface area (Å²) in [6.45, 7) is 4.04. The zero-order valence-corrected chi connectivity index (χ0v) is 7.83. The maximum absolute atomic E-state index is 9.64. The Hall–Kier alpha value is -1.50. The third-order valence-corrected chi connectivity index (χ3v) is 2.23. The molecule has 0 saturated carbocycles. The monoisotopic (exact) mass is 172 g/mol. The third kappa shape index (κ3) is 1.37. The minimum Gasteiger partial charge on any atom is -0.507 e. The number of aryl methyl sites for hydroxylation is 2. The second-order valence-corrected chi connectivity index (χ2v) is 3.51. The van der Waals surface area contributed by atoms with E-state index < -0.39 is 0 Å². The lowest BCUT2D eigenvalue weighted by Crippen LogP contribution is -1.79. The van der Waals surface area contributed by atoms with Crippen LogP contribution in [-0.4, -0.2) is 5.11 Å². The summed E-state index contributed by atoms with van der Waals surface area (Å²) < 4.78 is 0. The number of aromatic hydroxyl groups is 1. The van der Waals surface area contributed by atoms with E-state index in [2.05, 4.69) is 19.1 Å². The lowest BCUT2D eigenvalue weighted by atomic mass is 10.0. The third-order valence-electron chi connectivity index (χ3n) is 2.23. The highest BCUT2D eigenvalue weighted by molar-refractivity contribution is 5.89. The van der Waals surface area contributed by atoms with Gasteiger partial charge in [0.15, 0.2) is 0 Å². The summed E-state index contributed by atoms with van der Waals surface area (Å²) in [5.74, 6) is 0.370. The molecule has 0 amide bonds. The van der Waals surface area contributed by atoms with E-state index in [1.807, 2.05) is 19.1 Å². The summed E-state index contributed by atoms with van der Waals surface area (Å²) in [6, 6.07) is 9.93. The molecule has 0 bridgehead atoms. The van der Waals surface area contributed by atoms with Crippen molar-refractivity contribution in [2.75, 3.05) is 0 Å². The van der Waals surface area contributed by atoms with E-state index in [0.29, 0.717) is 5.75 Å². The number of rotatable bonds is 0. The van der Waals surface area contributed by atoms with Crippen LogP contribution in [0.2, 0.25) is 0 Å². The predicted molar refractivity (Wildman–Crippen MR) is 55.1 cm³/mol. The first kappa shape index (κ1) is 8.11. The summed E-state index contributed by atoms with van der Waals surface area (Å²) in [7, 11) is 0. The highest BCUT2D eigenvalue weighted by Gasteiger charge is 2.00. The highest BCUT2D eigenvalue weighted by Crippen LogP contribution is 2.26. The van der Waals surface area contributed by atoms with Crippen molar-refractivity contribution in [2.24, 2.45) is 0 Å². The molecule has 0 atom stereocenters. The van der Waals surface area contributed by atoms with Crippen molar-refractivity contribution in [3.63, 3.8) is 0 Å². The van der Waals surface area contributed by atoms with Gasteiger partial charge in [0, 0.05) is 5.39 Å². The first-order valence-corrected chi connectivity index (χ1v) is 4.37. The summed E-state index contributed by atoms with van der Waals surface area (Å²) in [4.78, 5) is 0. The Bertz CT molecular complexity index is 453. The van der Waals surface area contributed by atoms with Gasteiger partial charge in [-0.05, 0) is 30.9 Å². The minimum absolute atomic E-state index is 0.370. The fourth-order valence-corrected chi connectivity index (χ4v) is 1.62. The Labute approximate surface area is 77.6 Å². The molecule has 1 N–H and O–H groups in total. The van der Waals surface area contributed by atoms with E-state index in [1.54, 1.807) is 6.07 Å². The maximum Gasteiger partial charge on any atom is 0.123 e. The van der Waals surface area contributed by atoms with Crippen LogP contribution in [0.1, 0.15) is 11.1 Å². The standard InChI is InChI=1S/C12H12O/c1-8-3-4-11-10(5-8)6-9(2)7-12(11)13/h3-7,13H,1-2H3. The summed E-state index contributed by atoms with van der Waals surface area (Å²) in [6.07, 6.45) is 0. The smallest absolute Gasteiger partial charge is 0.123 e. The SMILES string of the molecule is Cc1ccc2c(O)cc(C)cc2c1. The van der Waals surface area contributed by atoms with Crippen molar-refractivity contribution >= 4 is 10.8 Å². The van der Waals surface area contributed by atoms with Crippen molar-refractivity contribution in [3.8, 4) is 5.75 Å². The maximum atomic E-state index is 9.64. The Balaban J connectivity index is 2.86. The molecule has 0 heterocycles. The van der Waals surface area contributed by atoms with Gasteiger partial charge in [-0.15, -0.1) is 0 Å². The fourth-order valence-electron chi connectivity index (χ4n) is 1.62. The molecule has 66 valence electrons. The van der Waals surface area contributed by atoms with Crippen LogP contribution in [0.5, 0.6) is 5.75 Å². The van der Waals surface area contributed by atoms with E-state index in [1.165, 1.54) is 5.56 Å². The van der Waals surface area contributed by atoms with E-state index in [4.69, 9.17) is 0 Å². The van der Waals surface area contributed by atoms with Crippen molar-refractivity contribution in [1.82, 2.24) is 0 Å². The average Bonchev–Trinajstić information content (AvgIpc) is 2.02. The number of hydrogen-bond donors (Lipinski definition) is 1. The van der Waals surface area contributed by atoms with Crippen molar-refractivity contribution in [2.45, 2.75) is 13.8 Å². The molecular weight excluding hydrogens is 160 g/mol. The highest BCUT2D eigenvalue weighted by atomic mass is 16.3. The molecule has 1 nitrogen and oxygen atoms in total.